The Balaban J connectivity index is 1.47. The van der Waals surface area contributed by atoms with E-state index >= 15 is 0 Å². The van der Waals surface area contributed by atoms with Crippen molar-refractivity contribution in [2.75, 3.05) is 0 Å². The Labute approximate surface area is 169 Å². The maximum absolute atomic E-state index is 10.4. The zero-order valence-electron chi connectivity index (χ0n) is 18.8. The standard InChI is InChI=1S/C26H46O/c1-17(2)7-6-8-18(3)22-11-12-23-21-10-9-19-15-20(27)16-26(19,5)24(21)13-14-25(22,23)4/h17-24,27H,6-16H2,1-5H3/t18-,19-,20-,21-,22-,23+,24-,25-,26-/m0/s1. The molecule has 0 unspecified atom stereocenters. The van der Waals surface area contributed by atoms with Gasteiger partial charge in [-0.2, -0.15) is 0 Å². The number of fused-ring (bicyclic) bond motifs is 5. The van der Waals surface area contributed by atoms with Gasteiger partial charge in [-0.3, -0.25) is 0 Å². The smallest absolute Gasteiger partial charge is 0.0548 e. The molecule has 4 aliphatic rings. The van der Waals surface area contributed by atoms with Crippen molar-refractivity contribution in [1.82, 2.24) is 0 Å². The molecule has 0 aromatic carbocycles. The van der Waals surface area contributed by atoms with Crippen molar-refractivity contribution < 1.29 is 5.11 Å². The Bertz CT molecular complexity index is 526. The summed E-state index contributed by atoms with van der Waals surface area (Å²) in [6, 6.07) is 0. The van der Waals surface area contributed by atoms with Crippen LogP contribution >= 0.6 is 0 Å². The molecule has 1 nitrogen and oxygen atoms in total. The second-order valence-corrected chi connectivity index (χ2v) is 12.3. The fraction of sp³-hybridized carbons (Fsp3) is 1.00. The molecule has 4 saturated carbocycles. The lowest BCUT2D eigenvalue weighted by Crippen LogP contribution is -2.50. The molecule has 0 aliphatic heterocycles. The van der Waals surface area contributed by atoms with Crippen LogP contribution < -0.4 is 0 Å². The van der Waals surface area contributed by atoms with Gasteiger partial charge in [0.2, 0.25) is 0 Å². The SMILES string of the molecule is CC(C)CCC[C@H](C)[C@@H]1CC[C@@H]2[C@@H]3CC[C@H]4C[C@H](O)C[C@]4(C)[C@H]3CC[C@]21C. The van der Waals surface area contributed by atoms with E-state index in [0.29, 0.717) is 10.8 Å². The summed E-state index contributed by atoms with van der Waals surface area (Å²) in [6.07, 6.45) is 15.2. The van der Waals surface area contributed by atoms with E-state index in [-0.39, 0.29) is 6.10 Å². The topological polar surface area (TPSA) is 20.2 Å². The first-order valence-corrected chi connectivity index (χ1v) is 12.4. The van der Waals surface area contributed by atoms with Crippen LogP contribution in [-0.2, 0) is 0 Å². The highest BCUT2D eigenvalue weighted by molar-refractivity contribution is 5.10. The number of hydrogen-bond acceptors (Lipinski definition) is 1. The van der Waals surface area contributed by atoms with Crippen molar-refractivity contribution in [3.05, 3.63) is 0 Å². The average Bonchev–Trinajstić information content (AvgIpc) is 3.09. The Morgan fingerprint density at radius 2 is 1.63 bits per heavy atom. The van der Waals surface area contributed by atoms with Gasteiger partial charge in [0.05, 0.1) is 6.10 Å². The van der Waals surface area contributed by atoms with Crippen molar-refractivity contribution in [1.29, 1.82) is 0 Å². The minimum absolute atomic E-state index is 0.00985. The van der Waals surface area contributed by atoms with E-state index in [1.807, 2.05) is 0 Å². The Kier molecular flexibility index (Phi) is 5.50. The van der Waals surface area contributed by atoms with Crippen LogP contribution in [0, 0.1) is 52.3 Å². The van der Waals surface area contributed by atoms with Crippen LogP contribution in [0.25, 0.3) is 0 Å². The van der Waals surface area contributed by atoms with Gasteiger partial charge in [0.1, 0.15) is 0 Å². The van der Waals surface area contributed by atoms with E-state index in [1.165, 1.54) is 57.8 Å². The highest BCUT2D eigenvalue weighted by atomic mass is 16.3. The molecule has 1 heteroatoms. The van der Waals surface area contributed by atoms with Crippen LogP contribution in [0.5, 0.6) is 0 Å². The summed E-state index contributed by atoms with van der Waals surface area (Å²) >= 11 is 0. The Morgan fingerprint density at radius 1 is 0.889 bits per heavy atom. The molecule has 0 bridgehead atoms. The van der Waals surface area contributed by atoms with Crippen LogP contribution in [0.2, 0.25) is 0 Å². The van der Waals surface area contributed by atoms with Gasteiger partial charge in [-0.1, -0.05) is 53.9 Å². The summed E-state index contributed by atoms with van der Waals surface area (Å²) in [6.45, 7) is 12.6. The molecule has 9 atom stereocenters. The van der Waals surface area contributed by atoms with Gasteiger partial charge >= 0.3 is 0 Å². The normalized spacial score (nSPS) is 50.3. The van der Waals surface area contributed by atoms with Crippen molar-refractivity contribution >= 4 is 0 Å². The molecule has 0 saturated heterocycles. The van der Waals surface area contributed by atoms with Gasteiger partial charge in [0.15, 0.2) is 0 Å². The predicted molar refractivity (Wildman–Crippen MR) is 114 cm³/mol. The van der Waals surface area contributed by atoms with E-state index in [1.54, 1.807) is 0 Å². The maximum Gasteiger partial charge on any atom is 0.0548 e. The van der Waals surface area contributed by atoms with Crippen molar-refractivity contribution in [3.63, 3.8) is 0 Å². The maximum atomic E-state index is 10.4. The first-order chi connectivity index (χ1) is 12.8. The van der Waals surface area contributed by atoms with E-state index in [9.17, 15) is 5.11 Å². The lowest BCUT2D eigenvalue weighted by Gasteiger charge is -2.58. The molecule has 27 heavy (non-hydrogen) atoms. The fourth-order valence-electron chi connectivity index (χ4n) is 9.18. The number of rotatable bonds is 5. The number of hydrogen-bond donors (Lipinski definition) is 1. The van der Waals surface area contributed by atoms with Crippen LogP contribution in [-0.4, -0.2) is 11.2 Å². The first kappa shape index (κ1) is 20.2. The van der Waals surface area contributed by atoms with Crippen LogP contribution in [0.4, 0.5) is 0 Å². The summed E-state index contributed by atoms with van der Waals surface area (Å²) in [5, 5.41) is 10.4. The molecular formula is C26H46O. The van der Waals surface area contributed by atoms with Crippen LogP contribution in [0.15, 0.2) is 0 Å². The van der Waals surface area contributed by atoms with E-state index in [2.05, 4.69) is 34.6 Å². The second kappa shape index (κ2) is 7.33. The lowest BCUT2D eigenvalue weighted by atomic mass is 9.47. The Hall–Kier alpha value is -0.0400. The molecule has 4 rings (SSSR count). The molecular weight excluding hydrogens is 328 g/mol. The highest BCUT2D eigenvalue weighted by Gasteiger charge is 2.61. The number of aliphatic hydroxyl groups excluding tert-OH is 1. The van der Waals surface area contributed by atoms with Gasteiger partial charge in [-0.05, 0) is 104 Å². The highest BCUT2D eigenvalue weighted by Crippen LogP contribution is 2.68. The largest absolute Gasteiger partial charge is 0.393 e. The van der Waals surface area contributed by atoms with Gasteiger partial charge in [-0.15, -0.1) is 0 Å². The molecule has 0 spiro atoms. The molecule has 0 radical (unpaired) electrons. The molecule has 0 heterocycles. The van der Waals surface area contributed by atoms with Gasteiger partial charge in [-0.25, -0.2) is 0 Å². The monoisotopic (exact) mass is 374 g/mol. The van der Waals surface area contributed by atoms with Gasteiger partial charge < -0.3 is 5.11 Å². The van der Waals surface area contributed by atoms with Gasteiger partial charge in [0.25, 0.3) is 0 Å². The second-order valence-electron chi connectivity index (χ2n) is 12.3. The van der Waals surface area contributed by atoms with E-state index < -0.39 is 0 Å². The van der Waals surface area contributed by atoms with Crippen LogP contribution in [0.3, 0.4) is 0 Å². The number of aliphatic hydroxyl groups is 1. The molecule has 1 N–H and O–H groups in total. The quantitative estimate of drug-likeness (QED) is 0.545. The minimum Gasteiger partial charge on any atom is -0.393 e. The fourth-order valence-corrected chi connectivity index (χ4v) is 9.18. The molecule has 0 aromatic heterocycles. The summed E-state index contributed by atoms with van der Waals surface area (Å²) in [5.74, 6) is 6.39. The third-order valence-electron chi connectivity index (χ3n) is 10.5. The van der Waals surface area contributed by atoms with Crippen LogP contribution in [0.1, 0.15) is 105 Å². The molecule has 0 aromatic rings. The van der Waals surface area contributed by atoms with Crippen molar-refractivity contribution in [2.45, 2.75) is 111 Å². The third kappa shape index (κ3) is 3.32. The summed E-state index contributed by atoms with van der Waals surface area (Å²) < 4.78 is 0. The van der Waals surface area contributed by atoms with Gasteiger partial charge in [0, 0.05) is 0 Å². The zero-order valence-corrected chi connectivity index (χ0v) is 18.8. The summed E-state index contributed by atoms with van der Waals surface area (Å²) in [4.78, 5) is 0. The third-order valence-corrected chi connectivity index (χ3v) is 10.5. The minimum atomic E-state index is -0.00985. The Morgan fingerprint density at radius 3 is 2.37 bits per heavy atom. The zero-order chi connectivity index (χ0) is 19.4. The first-order valence-electron chi connectivity index (χ1n) is 12.4. The summed E-state index contributed by atoms with van der Waals surface area (Å²) in [7, 11) is 0. The van der Waals surface area contributed by atoms with E-state index in [4.69, 9.17) is 0 Å². The van der Waals surface area contributed by atoms with Crippen molar-refractivity contribution in [2.24, 2.45) is 52.3 Å². The van der Waals surface area contributed by atoms with E-state index in [0.717, 1.165) is 54.3 Å². The molecule has 0 amide bonds. The van der Waals surface area contributed by atoms with Crippen molar-refractivity contribution in [3.8, 4) is 0 Å². The molecule has 4 fully saturated rings. The predicted octanol–water partition coefficient (Wildman–Crippen LogP) is 7.08. The average molecular weight is 375 g/mol. The summed E-state index contributed by atoms with van der Waals surface area (Å²) in [5.41, 5.74) is 1.06. The lowest BCUT2D eigenvalue weighted by molar-refractivity contribution is -0.0911. The molecule has 156 valence electrons. The molecule has 4 aliphatic carbocycles.